The summed E-state index contributed by atoms with van der Waals surface area (Å²) in [5.74, 6) is -0.152. The van der Waals surface area contributed by atoms with Gasteiger partial charge < -0.3 is 4.90 Å². The number of nitrogens with zero attached hydrogens (tertiary/aromatic N) is 2. The molecule has 0 aromatic heterocycles. The largest absolute Gasteiger partial charge is 0.341 e. The highest BCUT2D eigenvalue weighted by Gasteiger charge is 2.42. The first kappa shape index (κ1) is 17.7. The highest BCUT2D eigenvalue weighted by molar-refractivity contribution is 6.30. The minimum absolute atomic E-state index is 0.00210. The van der Waals surface area contributed by atoms with E-state index in [2.05, 4.69) is 18.7 Å². The average Bonchev–Trinajstić information content (AvgIpc) is 3.00. The fraction of sp³-hybridized carbons (Fsp3) is 0.632. The number of rotatable bonds is 5. The van der Waals surface area contributed by atoms with Crippen LogP contribution in [0.15, 0.2) is 18.2 Å². The number of amides is 1. The summed E-state index contributed by atoms with van der Waals surface area (Å²) < 4.78 is 14.2. The van der Waals surface area contributed by atoms with Gasteiger partial charge >= 0.3 is 0 Å². The molecule has 0 radical (unpaired) electrons. The molecule has 5 heteroatoms. The SMILES string of the molecule is CCN(CC)C1CCN(C(=O)C2CCC2c2ccc(Cl)cc2F)C1. The van der Waals surface area contributed by atoms with E-state index in [0.29, 0.717) is 16.6 Å². The van der Waals surface area contributed by atoms with Gasteiger partial charge in [0.05, 0.1) is 0 Å². The first-order chi connectivity index (χ1) is 11.5. The molecule has 1 aromatic carbocycles. The van der Waals surface area contributed by atoms with Crippen molar-refractivity contribution in [2.24, 2.45) is 5.92 Å². The maximum absolute atomic E-state index is 14.2. The summed E-state index contributed by atoms with van der Waals surface area (Å²) in [6.07, 6.45) is 2.78. The van der Waals surface area contributed by atoms with Crippen LogP contribution in [0, 0.1) is 11.7 Å². The van der Waals surface area contributed by atoms with E-state index in [1.807, 2.05) is 4.90 Å². The lowest BCUT2D eigenvalue weighted by Crippen LogP contribution is -2.44. The topological polar surface area (TPSA) is 23.6 Å². The number of hydrogen-bond acceptors (Lipinski definition) is 2. The summed E-state index contributed by atoms with van der Waals surface area (Å²) in [5.41, 5.74) is 0.642. The van der Waals surface area contributed by atoms with Crippen molar-refractivity contribution < 1.29 is 9.18 Å². The Balaban J connectivity index is 1.66. The zero-order valence-corrected chi connectivity index (χ0v) is 15.2. The summed E-state index contributed by atoms with van der Waals surface area (Å²) in [7, 11) is 0. The lowest BCUT2D eigenvalue weighted by Gasteiger charge is -2.38. The van der Waals surface area contributed by atoms with Gasteiger partial charge in [0.25, 0.3) is 0 Å². The third-order valence-electron chi connectivity index (χ3n) is 5.76. The molecular formula is C19H26ClFN2O. The van der Waals surface area contributed by atoms with E-state index in [1.165, 1.54) is 6.07 Å². The van der Waals surface area contributed by atoms with Gasteiger partial charge in [-0.15, -0.1) is 0 Å². The minimum atomic E-state index is -0.285. The molecule has 3 unspecified atom stereocenters. The zero-order valence-electron chi connectivity index (χ0n) is 14.5. The molecule has 3 rings (SSSR count). The van der Waals surface area contributed by atoms with Gasteiger partial charge in [0.1, 0.15) is 5.82 Å². The quantitative estimate of drug-likeness (QED) is 0.802. The van der Waals surface area contributed by atoms with E-state index in [0.717, 1.165) is 45.4 Å². The zero-order chi connectivity index (χ0) is 17.3. The lowest BCUT2D eigenvalue weighted by molar-refractivity contribution is -0.138. The molecule has 0 spiro atoms. The van der Waals surface area contributed by atoms with Crippen molar-refractivity contribution in [3.8, 4) is 0 Å². The molecule has 132 valence electrons. The molecule has 1 heterocycles. The Morgan fingerprint density at radius 1 is 1.29 bits per heavy atom. The van der Waals surface area contributed by atoms with E-state index in [9.17, 15) is 9.18 Å². The number of carbonyl (C=O) groups excluding carboxylic acids is 1. The third kappa shape index (κ3) is 3.31. The Morgan fingerprint density at radius 3 is 2.62 bits per heavy atom. The van der Waals surface area contributed by atoms with Crippen LogP contribution in [0.4, 0.5) is 4.39 Å². The Labute approximate surface area is 148 Å². The van der Waals surface area contributed by atoms with Crippen LogP contribution < -0.4 is 0 Å². The molecule has 2 aliphatic rings. The summed E-state index contributed by atoms with van der Waals surface area (Å²) in [5, 5.41) is 0.403. The predicted octanol–water partition coefficient (Wildman–Crippen LogP) is 3.92. The molecule has 0 N–H and O–H groups in total. The molecular weight excluding hydrogens is 327 g/mol. The van der Waals surface area contributed by atoms with Crippen LogP contribution in [0.25, 0.3) is 0 Å². The number of likely N-dealkylation sites (N-methyl/N-ethyl adjacent to an activating group) is 1. The molecule has 0 bridgehead atoms. The first-order valence-electron chi connectivity index (χ1n) is 9.02. The third-order valence-corrected chi connectivity index (χ3v) is 5.99. The van der Waals surface area contributed by atoms with Gasteiger partial charge in [-0.25, -0.2) is 4.39 Å². The van der Waals surface area contributed by atoms with Gasteiger partial charge in [-0.1, -0.05) is 31.5 Å². The summed E-state index contributed by atoms with van der Waals surface area (Å²) in [4.78, 5) is 17.3. The van der Waals surface area contributed by atoms with Gasteiger partial charge in [-0.2, -0.15) is 0 Å². The van der Waals surface area contributed by atoms with Gasteiger partial charge in [0.2, 0.25) is 5.91 Å². The van der Waals surface area contributed by atoms with Crippen LogP contribution in [0.3, 0.4) is 0 Å². The number of benzene rings is 1. The normalized spacial score (nSPS) is 26.7. The van der Waals surface area contributed by atoms with Crippen LogP contribution in [-0.4, -0.2) is 47.9 Å². The van der Waals surface area contributed by atoms with Crippen LogP contribution >= 0.6 is 11.6 Å². The van der Waals surface area contributed by atoms with Crippen LogP contribution in [0.1, 0.15) is 44.6 Å². The minimum Gasteiger partial charge on any atom is -0.341 e. The fourth-order valence-corrected chi connectivity index (χ4v) is 4.34. The van der Waals surface area contributed by atoms with Crippen LogP contribution in [0.5, 0.6) is 0 Å². The highest BCUT2D eigenvalue weighted by atomic mass is 35.5. The second kappa shape index (κ2) is 7.40. The molecule has 2 fully saturated rings. The second-order valence-electron chi connectivity index (χ2n) is 6.90. The molecule has 3 nitrogen and oxygen atoms in total. The fourth-order valence-electron chi connectivity index (χ4n) is 4.18. The molecule has 3 atom stereocenters. The number of likely N-dealkylation sites (tertiary alicyclic amines) is 1. The van der Waals surface area contributed by atoms with Crippen molar-refractivity contribution in [1.29, 1.82) is 0 Å². The molecule has 1 amide bonds. The Morgan fingerprint density at radius 2 is 2.04 bits per heavy atom. The molecule has 1 saturated heterocycles. The summed E-state index contributed by atoms with van der Waals surface area (Å²) in [6, 6.07) is 5.27. The molecule has 1 aliphatic carbocycles. The van der Waals surface area contributed by atoms with E-state index >= 15 is 0 Å². The van der Waals surface area contributed by atoms with Crippen molar-refractivity contribution in [3.05, 3.63) is 34.6 Å². The van der Waals surface area contributed by atoms with E-state index < -0.39 is 0 Å². The standard InChI is InChI=1S/C19H26ClFN2O/c1-3-22(4-2)14-9-10-23(12-14)19(24)17-8-7-15(17)16-6-5-13(20)11-18(16)21/h5-6,11,14-15,17H,3-4,7-10,12H2,1-2H3. The number of carbonyl (C=O) groups is 1. The smallest absolute Gasteiger partial charge is 0.226 e. The average molecular weight is 353 g/mol. The van der Waals surface area contributed by atoms with Crippen LogP contribution in [-0.2, 0) is 4.79 Å². The van der Waals surface area contributed by atoms with Gasteiger partial charge in [-0.3, -0.25) is 9.69 Å². The van der Waals surface area contributed by atoms with E-state index in [4.69, 9.17) is 11.6 Å². The van der Waals surface area contributed by atoms with E-state index in [-0.39, 0.29) is 23.6 Å². The van der Waals surface area contributed by atoms with Crippen molar-refractivity contribution in [3.63, 3.8) is 0 Å². The van der Waals surface area contributed by atoms with Crippen molar-refractivity contribution in [1.82, 2.24) is 9.80 Å². The number of halogens is 2. The number of hydrogen-bond donors (Lipinski definition) is 0. The van der Waals surface area contributed by atoms with Crippen molar-refractivity contribution in [2.75, 3.05) is 26.2 Å². The van der Waals surface area contributed by atoms with Crippen molar-refractivity contribution in [2.45, 2.75) is 45.1 Å². The van der Waals surface area contributed by atoms with E-state index in [1.54, 1.807) is 12.1 Å². The monoisotopic (exact) mass is 352 g/mol. The van der Waals surface area contributed by atoms with Gasteiger partial charge in [-0.05, 0) is 56.0 Å². The molecule has 1 saturated carbocycles. The predicted molar refractivity (Wildman–Crippen MR) is 94.8 cm³/mol. The Hall–Kier alpha value is -1.13. The Bertz CT molecular complexity index is 605. The molecule has 24 heavy (non-hydrogen) atoms. The summed E-state index contributed by atoms with van der Waals surface area (Å²) in [6.45, 7) is 8.01. The maximum atomic E-state index is 14.2. The highest BCUT2D eigenvalue weighted by Crippen LogP contribution is 2.45. The van der Waals surface area contributed by atoms with Crippen molar-refractivity contribution >= 4 is 17.5 Å². The van der Waals surface area contributed by atoms with Crippen LogP contribution in [0.2, 0.25) is 5.02 Å². The second-order valence-corrected chi connectivity index (χ2v) is 7.34. The van der Waals surface area contributed by atoms with Gasteiger partial charge in [0.15, 0.2) is 0 Å². The first-order valence-corrected chi connectivity index (χ1v) is 9.40. The lowest BCUT2D eigenvalue weighted by atomic mass is 9.69. The molecule has 1 aliphatic heterocycles. The van der Waals surface area contributed by atoms with Gasteiger partial charge in [0, 0.05) is 30.1 Å². The molecule has 1 aromatic rings. The summed E-state index contributed by atoms with van der Waals surface area (Å²) >= 11 is 5.84. The Kier molecular flexibility index (Phi) is 5.46. The maximum Gasteiger partial charge on any atom is 0.226 e.